The lowest BCUT2D eigenvalue weighted by molar-refractivity contribution is -0.384. The van der Waals surface area contributed by atoms with E-state index in [0.717, 1.165) is 0 Å². The molecule has 1 aliphatic heterocycles. The Kier molecular flexibility index (Phi) is 5.41. The second-order valence-electron chi connectivity index (χ2n) is 6.74. The highest BCUT2D eigenvalue weighted by atomic mass is 16.6. The van der Waals surface area contributed by atoms with Crippen molar-refractivity contribution in [3.05, 3.63) is 52.3 Å². The lowest BCUT2D eigenvalue weighted by Gasteiger charge is -2.39. The van der Waals surface area contributed by atoms with Gasteiger partial charge in [0.1, 0.15) is 11.1 Å². The number of nitro benzene ring substituents is 1. The van der Waals surface area contributed by atoms with Crippen molar-refractivity contribution in [2.75, 3.05) is 26.8 Å². The van der Waals surface area contributed by atoms with E-state index in [4.69, 9.17) is 4.74 Å². The monoisotopic (exact) mass is 388 g/mol. The van der Waals surface area contributed by atoms with Crippen LogP contribution in [0.5, 0.6) is 0 Å². The molecule has 148 valence electrons. The van der Waals surface area contributed by atoms with Crippen LogP contribution in [-0.4, -0.2) is 63.4 Å². The number of ether oxygens (including phenoxy) is 1. The zero-order valence-electron chi connectivity index (χ0n) is 15.3. The Hall–Kier alpha value is -3.27. The maximum absolute atomic E-state index is 12.9. The molecule has 1 aromatic heterocycles. The van der Waals surface area contributed by atoms with Crippen molar-refractivity contribution < 1.29 is 24.4 Å². The van der Waals surface area contributed by atoms with E-state index in [0.29, 0.717) is 19.4 Å². The van der Waals surface area contributed by atoms with Crippen molar-refractivity contribution in [2.45, 2.75) is 12.8 Å². The van der Waals surface area contributed by atoms with Gasteiger partial charge in [-0.25, -0.2) is 4.68 Å². The lowest BCUT2D eigenvalue weighted by atomic mass is 9.80. The summed E-state index contributed by atoms with van der Waals surface area (Å²) in [6.07, 6.45) is 2.43. The molecule has 10 heteroatoms. The normalized spacial score (nSPS) is 19.4. The van der Waals surface area contributed by atoms with E-state index in [1.54, 1.807) is 12.1 Å². The largest absolute Gasteiger partial charge is 0.481 e. The number of carbonyl (C=O) groups excluding carboxylic acids is 1. The molecule has 1 amide bonds. The number of amides is 1. The number of carbonyl (C=O) groups is 2. The quantitative estimate of drug-likeness (QED) is 0.589. The van der Waals surface area contributed by atoms with Crippen LogP contribution in [0.4, 0.5) is 5.69 Å². The number of aliphatic carboxylic acids is 1. The zero-order chi connectivity index (χ0) is 20.3. The molecule has 1 atom stereocenters. The summed E-state index contributed by atoms with van der Waals surface area (Å²) in [4.78, 5) is 36.8. The Balaban J connectivity index is 1.85. The molecule has 0 spiro atoms. The zero-order valence-corrected chi connectivity index (χ0v) is 15.3. The Morgan fingerprint density at radius 3 is 2.79 bits per heavy atom. The van der Waals surface area contributed by atoms with Crippen molar-refractivity contribution >= 4 is 17.6 Å². The summed E-state index contributed by atoms with van der Waals surface area (Å²) in [6.45, 7) is 0.444. The Labute approximate surface area is 160 Å². The molecule has 28 heavy (non-hydrogen) atoms. The fourth-order valence-corrected chi connectivity index (χ4v) is 3.48. The fraction of sp³-hybridized carbons (Fsp3) is 0.389. The standard InChI is InChI=1S/C18H20N4O6/c1-28-12-18(17(24)25)8-4-9-20(11-18)16(23)13-7-10-21(19-13)14-5-2-3-6-15(14)22(26)27/h2-3,5-7,10H,4,8-9,11-12H2,1H3,(H,24,25). The smallest absolute Gasteiger partial charge is 0.313 e. The highest BCUT2D eigenvalue weighted by Gasteiger charge is 2.44. The summed E-state index contributed by atoms with van der Waals surface area (Å²) >= 11 is 0. The maximum atomic E-state index is 12.9. The van der Waals surface area contributed by atoms with E-state index in [2.05, 4.69) is 5.10 Å². The van der Waals surface area contributed by atoms with E-state index < -0.39 is 22.2 Å². The number of rotatable bonds is 6. The molecule has 1 saturated heterocycles. The fourth-order valence-electron chi connectivity index (χ4n) is 3.48. The maximum Gasteiger partial charge on any atom is 0.313 e. The molecule has 0 bridgehead atoms. The summed E-state index contributed by atoms with van der Waals surface area (Å²) in [5.41, 5.74) is -0.947. The van der Waals surface area contributed by atoms with Crippen LogP contribution in [0.2, 0.25) is 0 Å². The van der Waals surface area contributed by atoms with Crippen molar-refractivity contribution in [3.8, 4) is 5.69 Å². The molecule has 0 saturated carbocycles. The van der Waals surface area contributed by atoms with Crippen molar-refractivity contribution in [1.29, 1.82) is 0 Å². The first-order chi connectivity index (χ1) is 13.4. The van der Waals surface area contributed by atoms with Crippen molar-refractivity contribution in [1.82, 2.24) is 14.7 Å². The first-order valence-electron chi connectivity index (χ1n) is 8.69. The van der Waals surface area contributed by atoms with Crippen LogP contribution in [0.1, 0.15) is 23.3 Å². The van der Waals surface area contributed by atoms with Gasteiger partial charge in [0.2, 0.25) is 0 Å². The van der Waals surface area contributed by atoms with Gasteiger partial charge in [-0.3, -0.25) is 19.7 Å². The van der Waals surface area contributed by atoms with Gasteiger partial charge in [0.25, 0.3) is 11.6 Å². The van der Waals surface area contributed by atoms with Crippen LogP contribution in [0.15, 0.2) is 36.5 Å². The SMILES string of the molecule is COCC1(C(=O)O)CCCN(C(=O)c2ccn(-c3ccccc3[N+](=O)[O-])n2)C1. The second kappa shape index (κ2) is 7.77. The number of methoxy groups -OCH3 is 1. The number of carboxylic acids is 1. The van der Waals surface area contributed by atoms with Gasteiger partial charge in [0.15, 0.2) is 5.69 Å². The van der Waals surface area contributed by atoms with Crippen LogP contribution in [0.25, 0.3) is 5.69 Å². The van der Waals surface area contributed by atoms with E-state index in [-0.39, 0.29) is 30.2 Å². The average molecular weight is 388 g/mol. The predicted molar refractivity (Wildman–Crippen MR) is 97.3 cm³/mol. The molecule has 1 unspecified atom stereocenters. The Morgan fingerprint density at radius 2 is 2.11 bits per heavy atom. The Morgan fingerprint density at radius 1 is 1.36 bits per heavy atom. The minimum atomic E-state index is -1.15. The molecule has 1 aliphatic rings. The van der Waals surface area contributed by atoms with E-state index in [1.807, 2.05) is 0 Å². The van der Waals surface area contributed by atoms with Gasteiger partial charge in [-0.2, -0.15) is 5.10 Å². The van der Waals surface area contributed by atoms with Gasteiger partial charge in [0, 0.05) is 32.5 Å². The molecule has 1 fully saturated rings. The third-order valence-corrected chi connectivity index (χ3v) is 4.87. The number of carboxylic acid groups (broad SMARTS) is 1. The summed E-state index contributed by atoms with van der Waals surface area (Å²) in [6, 6.07) is 7.55. The molecule has 1 N–H and O–H groups in total. The second-order valence-corrected chi connectivity index (χ2v) is 6.74. The topological polar surface area (TPSA) is 128 Å². The molecule has 1 aromatic carbocycles. The van der Waals surface area contributed by atoms with Gasteiger partial charge < -0.3 is 14.7 Å². The Bertz CT molecular complexity index is 907. The minimum absolute atomic E-state index is 0.0107. The molecule has 10 nitrogen and oxygen atoms in total. The predicted octanol–water partition coefficient (Wildman–Crippen LogP) is 1.73. The highest BCUT2D eigenvalue weighted by Crippen LogP contribution is 2.31. The van der Waals surface area contributed by atoms with Crippen LogP contribution in [0.3, 0.4) is 0 Å². The highest BCUT2D eigenvalue weighted by molar-refractivity contribution is 5.93. The molecule has 3 rings (SSSR count). The average Bonchev–Trinajstić information content (AvgIpc) is 3.17. The van der Waals surface area contributed by atoms with Crippen LogP contribution < -0.4 is 0 Å². The number of likely N-dealkylation sites (tertiary alicyclic amines) is 1. The van der Waals surface area contributed by atoms with Gasteiger partial charge in [-0.1, -0.05) is 12.1 Å². The van der Waals surface area contributed by atoms with Gasteiger partial charge in [-0.05, 0) is 25.0 Å². The van der Waals surface area contributed by atoms with Crippen LogP contribution in [0, 0.1) is 15.5 Å². The summed E-state index contributed by atoms with van der Waals surface area (Å²) in [5.74, 6) is -1.42. The first kappa shape index (κ1) is 19.5. The lowest BCUT2D eigenvalue weighted by Crippen LogP contribution is -2.52. The number of hydrogen-bond acceptors (Lipinski definition) is 6. The van der Waals surface area contributed by atoms with E-state index in [9.17, 15) is 24.8 Å². The molecular formula is C18H20N4O6. The minimum Gasteiger partial charge on any atom is -0.481 e. The number of benzene rings is 1. The van der Waals surface area contributed by atoms with E-state index >= 15 is 0 Å². The number of piperidine rings is 1. The number of hydrogen-bond donors (Lipinski definition) is 1. The number of aromatic nitrogens is 2. The molecule has 0 aliphatic carbocycles. The third-order valence-electron chi connectivity index (χ3n) is 4.87. The number of nitrogens with zero attached hydrogens (tertiary/aromatic N) is 4. The first-order valence-corrected chi connectivity index (χ1v) is 8.69. The number of para-hydroxylation sites is 2. The van der Waals surface area contributed by atoms with Crippen molar-refractivity contribution in [3.63, 3.8) is 0 Å². The third kappa shape index (κ3) is 3.58. The van der Waals surface area contributed by atoms with E-state index in [1.165, 1.54) is 41.1 Å². The number of nitro groups is 1. The van der Waals surface area contributed by atoms with Crippen LogP contribution >= 0.6 is 0 Å². The summed E-state index contributed by atoms with van der Waals surface area (Å²) in [5, 5.41) is 25.0. The molecule has 0 radical (unpaired) electrons. The van der Waals surface area contributed by atoms with Gasteiger partial charge in [-0.15, -0.1) is 0 Å². The van der Waals surface area contributed by atoms with Crippen LogP contribution in [-0.2, 0) is 9.53 Å². The summed E-state index contributed by atoms with van der Waals surface area (Å²) < 4.78 is 6.35. The van der Waals surface area contributed by atoms with Gasteiger partial charge >= 0.3 is 5.97 Å². The van der Waals surface area contributed by atoms with Gasteiger partial charge in [0.05, 0.1) is 11.5 Å². The summed E-state index contributed by atoms with van der Waals surface area (Å²) in [7, 11) is 1.43. The molecule has 2 aromatic rings. The molecule has 2 heterocycles. The molecular weight excluding hydrogens is 368 g/mol. The van der Waals surface area contributed by atoms with Crippen molar-refractivity contribution in [2.24, 2.45) is 5.41 Å².